The van der Waals surface area contributed by atoms with Crippen LogP contribution < -0.4 is 0 Å². The average Bonchev–Trinajstić information content (AvgIpc) is 3.13. The van der Waals surface area contributed by atoms with Gasteiger partial charge in [-0.25, -0.2) is 0 Å². The van der Waals surface area contributed by atoms with Crippen LogP contribution in [0.1, 0.15) is 37.2 Å². The maximum absolute atomic E-state index is 12.3. The Labute approximate surface area is 143 Å². The fraction of sp³-hybridized carbons (Fsp3) is 0.667. The number of thioether (sulfide) groups is 1. The summed E-state index contributed by atoms with van der Waals surface area (Å²) in [5.74, 6) is 2.64. The van der Waals surface area contributed by atoms with Gasteiger partial charge in [-0.05, 0) is 62.4 Å². The van der Waals surface area contributed by atoms with E-state index in [4.69, 9.17) is 0 Å². The Bertz CT molecular complexity index is 482. The summed E-state index contributed by atoms with van der Waals surface area (Å²) >= 11 is 1.80. The molecule has 3 rings (SSSR count). The number of rotatable bonds is 6. The van der Waals surface area contributed by atoms with Gasteiger partial charge in [0.2, 0.25) is 5.91 Å². The minimum Gasteiger partial charge on any atom is -0.342 e. The lowest BCUT2D eigenvalue weighted by Gasteiger charge is -2.32. The monoisotopic (exact) mass is 333 g/mol. The van der Waals surface area contributed by atoms with E-state index in [1.54, 1.807) is 11.8 Å². The lowest BCUT2D eigenvalue weighted by Crippen LogP contribution is -2.39. The van der Waals surface area contributed by atoms with Gasteiger partial charge in [0.25, 0.3) is 0 Å². The number of carbonyl (C=O) groups is 1. The van der Waals surface area contributed by atoms with Crippen molar-refractivity contribution in [1.29, 1.82) is 0 Å². The molecule has 1 amide bonds. The molecule has 5 heteroatoms. The Balaban J connectivity index is 1.33. The molecule has 0 aliphatic carbocycles. The minimum absolute atomic E-state index is 0.324. The van der Waals surface area contributed by atoms with Crippen LogP contribution in [0.2, 0.25) is 0 Å². The van der Waals surface area contributed by atoms with Crippen molar-refractivity contribution in [3.8, 4) is 0 Å². The molecule has 0 atom stereocenters. The summed E-state index contributed by atoms with van der Waals surface area (Å²) in [7, 11) is 0. The number of aromatic nitrogens is 1. The Morgan fingerprint density at radius 3 is 2.52 bits per heavy atom. The van der Waals surface area contributed by atoms with Gasteiger partial charge in [0.1, 0.15) is 0 Å². The van der Waals surface area contributed by atoms with Crippen molar-refractivity contribution in [1.82, 2.24) is 14.8 Å². The molecule has 2 fully saturated rings. The van der Waals surface area contributed by atoms with E-state index in [-0.39, 0.29) is 0 Å². The van der Waals surface area contributed by atoms with E-state index in [1.165, 1.54) is 31.5 Å². The first-order valence-electron chi connectivity index (χ1n) is 8.81. The average molecular weight is 334 g/mol. The summed E-state index contributed by atoms with van der Waals surface area (Å²) in [6, 6.07) is 4.21. The molecule has 0 saturated carbocycles. The zero-order valence-corrected chi connectivity index (χ0v) is 14.6. The predicted octanol–water partition coefficient (Wildman–Crippen LogP) is 2.62. The third kappa shape index (κ3) is 4.95. The second-order valence-electron chi connectivity index (χ2n) is 6.54. The van der Waals surface area contributed by atoms with Crippen molar-refractivity contribution < 1.29 is 4.79 Å². The SMILES string of the molecule is O=C(CSCCN1CCCC1)N1CCC(c2ccncc2)CC1. The molecule has 1 aromatic heterocycles. The van der Waals surface area contributed by atoms with E-state index in [2.05, 4.69) is 26.9 Å². The predicted molar refractivity (Wildman–Crippen MR) is 95.8 cm³/mol. The summed E-state index contributed by atoms with van der Waals surface area (Å²) in [6.45, 7) is 5.44. The molecule has 0 spiro atoms. The Kier molecular flexibility index (Phi) is 6.34. The van der Waals surface area contributed by atoms with E-state index in [9.17, 15) is 4.79 Å². The molecule has 3 heterocycles. The molecule has 0 aromatic carbocycles. The number of nitrogens with zero attached hydrogens (tertiary/aromatic N) is 3. The van der Waals surface area contributed by atoms with Gasteiger partial charge in [-0.1, -0.05) is 0 Å². The first kappa shape index (κ1) is 16.8. The van der Waals surface area contributed by atoms with Gasteiger partial charge in [0.15, 0.2) is 0 Å². The van der Waals surface area contributed by atoms with Crippen LogP contribution in [0.25, 0.3) is 0 Å². The van der Waals surface area contributed by atoms with E-state index in [0.29, 0.717) is 17.6 Å². The zero-order valence-electron chi connectivity index (χ0n) is 13.8. The molecule has 0 unspecified atom stereocenters. The summed E-state index contributed by atoms with van der Waals surface area (Å²) in [5, 5.41) is 0. The van der Waals surface area contributed by atoms with Gasteiger partial charge in [0, 0.05) is 37.8 Å². The van der Waals surface area contributed by atoms with Crippen molar-refractivity contribution in [3.05, 3.63) is 30.1 Å². The molecule has 23 heavy (non-hydrogen) atoms. The Morgan fingerprint density at radius 1 is 1.13 bits per heavy atom. The van der Waals surface area contributed by atoms with Crippen LogP contribution in [-0.2, 0) is 4.79 Å². The highest BCUT2D eigenvalue weighted by Gasteiger charge is 2.23. The van der Waals surface area contributed by atoms with Gasteiger partial charge in [0.05, 0.1) is 5.75 Å². The number of pyridine rings is 1. The summed E-state index contributed by atoms with van der Waals surface area (Å²) < 4.78 is 0. The zero-order chi connectivity index (χ0) is 15.9. The molecule has 126 valence electrons. The van der Waals surface area contributed by atoms with Crippen molar-refractivity contribution in [2.75, 3.05) is 44.2 Å². The Morgan fingerprint density at radius 2 is 1.83 bits per heavy atom. The van der Waals surface area contributed by atoms with Crippen LogP contribution in [0.3, 0.4) is 0 Å². The fourth-order valence-electron chi connectivity index (χ4n) is 3.55. The van der Waals surface area contributed by atoms with Gasteiger partial charge in [-0.15, -0.1) is 0 Å². The quantitative estimate of drug-likeness (QED) is 0.750. The van der Waals surface area contributed by atoms with Crippen LogP contribution in [0.5, 0.6) is 0 Å². The molecule has 2 aliphatic heterocycles. The molecule has 0 bridgehead atoms. The van der Waals surface area contributed by atoms with Gasteiger partial charge >= 0.3 is 0 Å². The molecule has 0 radical (unpaired) electrons. The highest BCUT2D eigenvalue weighted by molar-refractivity contribution is 7.99. The smallest absolute Gasteiger partial charge is 0.232 e. The van der Waals surface area contributed by atoms with Crippen molar-refractivity contribution in [2.24, 2.45) is 0 Å². The summed E-state index contributed by atoms with van der Waals surface area (Å²) in [5.41, 5.74) is 1.37. The first-order valence-corrected chi connectivity index (χ1v) is 9.96. The van der Waals surface area contributed by atoms with Crippen LogP contribution in [0.4, 0.5) is 0 Å². The third-order valence-corrected chi connectivity index (χ3v) is 5.92. The van der Waals surface area contributed by atoms with E-state index in [0.717, 1.165) is 38.2 Å². The maximum Gasteiger partial charge on any atom is 0.232 e. The number of hydrogen-bond donors (Lipinski definition) is 0. The number of amides is 1. The minimum atomic E-state index is 0.324. The second kappa shape index (κ2) is 8.69. The molecule has 0 N–H and O–H groups in total. The van der Waals surface area contributed by atoms with Crippen molar-refractivity contribution in [2.45, 2.75) is 31.6 Å². The summed E-state index contributed by atoms with van der Waals surface area (Å²) in [4.78, 5) is 21.0. The fourth-order valence-corrected chi connectivity index (χ4v) is 4.44. The first-order chi connectivity index (χ1) is 11.3. The van der Waals surface area contributed by atoms with Crippen LogP contribution >= 0.6 is 11.8 Å². The van der Waals surface area contributed by atoms with Gasteiger partial charge < -0.3 is 9.80 Å². The maximum atomic E-state index is 12.3. The van der Waals surface area contributed by atoms with E-state index in [1.807, 2.05) is 12.4 Å². The number of piperidine rings is 1. The molecular weight excluding hydrogens is 306 g/mol. The largest absolute Gasteiger partial charge is 0.342 e. The number of carbonyl (C=O) groups excluding carboxylic acids is 1. The van der Waals surface area contributed by atoms with Gasteiger partial charge in [-0.3, -0.25) is 9.78 Å². The third-order valence-electron chi connectivity index (χ3n) is 5.00. The van der Waals surface area contributed by atoms with Crippen LogP contribution in [-0.4, -0.2) is 64.9 Å². The molecule has 2 saturated heterocycles. The molecule has 4 nitrogen and oxygen atoms in total. The standard InChI is InChI=1S/C18H27N3OS/c22-18(15-23-14-13-20-9-1-2-10-20)21-11-5-17(6-12-21)16-3-7-19-8-4-16/h3-4,7-8,17H,1-2,5-6,9-15H2. The van der Waals surface area contributed by atoms with Crippen LogP contribution in [0.15, 0.2) is 24.5 Å². The van der Waals surface area contributed by atoms with E-state index >= 15 is 0 Å². The van der Waals surface area contributed by atoms with Crippen LogP contribution in [0, 0.1) is 0 Å². The highest BCUT2D eigenvalue weighted by Crippen LogP contribution is 2.27. The summed E-state index contributed by atoms with van der Waals surface area (Å²) in [6.07, 6.45) is 8.57. The van der Waals surface area contributed by atoms with Crippen molar-refractivity contribution >= 4 is 17.7 Å². The normalized spacial score (nSPS) is 20.1. The molecule has 2 aliphatic rings. The lowest BCUT2D eigenvalue weighted by atomic mass is 9.90. The second-order valence-corrected chi connectivity index (χ2v) is 7.64. The van der Waals surface area contributed by atoms with Crippen molar-refractivity contribution in [3.63, 3.8) is 0 Å². The van der Waals surface area contributed by atoms with Gasteiger partial charge in [-0.2, -0.15) is 11.8 Å². The lowest BCUT2D eigenvalue weighted by molar-refractivity contribution is -0.129. The highest BCUT2D eigenvalue weighted by atomic mass is 32.2. The van der Waals surface area contributed by atoms with E-state index < -0.39 is 0 Å². The topological polar surface area (TPSA) is 36.4 Å². The number of likely N-dealkylation sites (tertiary alicyclic amines) is 2. The Hall–Kier alpha value is -1.07. The molecule has 1 aromatic rings. The number of hydrogen-bond acceptors (Lipinski definition) is 4. The molecular formula is C18H27N3OS.